The van der Waals surface area contributed by atoms with Crippen LogP contribution in [0.3, 0.4) is 0 Å². The normalized spacial score (nSPS) is 19.9. The van der Waals surface area contributed by atoms with Gasteiger partial charge >= 0.3 is 0 Å². The zero-order chi connectivity index (χ0) is 12.4. The van der Waals surface area contributed by atoms with E-state index in [1.807, 2.05) is 18.2 Å². The summed E-state index contributed by atoms with van der Waals surface area (Å²) in [5.74, 6) is 0.641. The highest BCUT2D eigenvalue weighted by Gasteiger charge is 2.32. The van der Waals surface area contributed by atoms with E-state index in [1.54, 1.807) is 0 Å². The Morgan fingerprint density at radius 3 is 2.94 bits per heavy atom. The number of anilines is 1. The van der Waals surface area contributed by atoms with Gasteiger partial charge in [0.25, 0.3) is 0 Å². The molecular weight excluding hydrogens is 234 g/mol. The van der Waals surface area contributed by atoms with Crippen molar-refractivity contribution in [2.45, 2.75) is 39.0 Å². The lowest BCUT2D eigenvalue weighted by molar-refractivity contribution is -0.117. The van der Waals surface area contributed by atoms with E-state index in [2.05, 4.69) is 19.2 Å². The maximum absolute atomic E-state index is 12.0. The maximum atomic E-state index is 12.0. The Morgan fingerprint density at radius 2 is 2.24 bits per heavy atom. The summed E-state index contributed by atoms with van der Waals surface area (Å²) < 4.78 is 0. The number of amides is 1. The average Bonchev–Trinajstić information content (AvgIpc) is 2.58. The Morgan fingerprint density at radius 1 is 1.47 bits per heavy atom. The van der Waals surface area contributed by atoms with Gasteiger partial charge in [0, 0.05) is 0 Å². The first-order chi connectivity index (χ1) is 8.13. The lowest BCUT2D eigenvalue weighted by atomic mass is 9.88. The van der Waals surface area contributed by atoms with Crippen LogP contribution < -0.4 is 5.32 Å². The first kappa shape index (κ1) is 12.4. The van der Waals surface area contributed by atoms with E-state index in [0.717, 1.165) is 24.1 Å². The highest BCUT2D eigenvalue weighted by atomic mass is 35.5. The molecule has 0 aliphatic carbocycles. The minimum atomic E-state index is -0.0229. The van der Waals surface area contributed by atoms with E-state index in [1.165, 1.54) is 6.42 Å². The number of rotatable bonds is 4. The fraction of sp³-hybridized carbons (Fsp3) is 0.500. The number of carbonyl (C=O) groups excluding carboxylic acids is 1. The van der Waals surface area contributed by atoms with Crippen LogP contribution in [-0.4, -0.2) is 5.91 Å². The van der Waals surface area contributed by atoms with Gasteiger partial charge in [-0.05, 0) is 24.0 Å². The fourth-order valence-corrected chi connectivity index (χ4v) is 2.79. The molecule has 0 fully saturated rings. The smallest absolute Gasteiger partial charge is 0.232 e. The maximum Gasteiger partial charge on any atom is 0.232 e. The van der Waals surface area contributed by atoms with Crippen LogP contribution in [0.15, 0.2) is 18.2 Å². The molecule has 3 heteroatoms. The van der Waals surface area contributed by atoms with Crippen LogP contribution in [-0.2, 0) is 4.79 Å². The third-order valence-electron chi connectivity index (χ3n) is 3.41. The largest absolute Gasteiger partial charge is 0.324 e. The monoisotopic (exact) mass is 251 g/mol. The zero-order valence-corrected chi connectivity index (χ0v) is 11.1. The van der Waals surface area contributed by atoms with Gasteiger partial charge in [0.15, 0.2) is 0 Å². The van der Waals surface area contributed by atoms with Crippen LogP contribution in [0.2, 0.25) is 5.02 Å². The zero-order valence-electron chi connectivity index (χ0n) is 10.3. The van der Waals surface area contributed by atoms with Gasteiger partial charge in [-0.15, -0.1) is 0 Å². The van der Waals surface area contributed by atoms with Gasteiger partial charge in [0.05, 0.1) is 16.6 Å². The number of benzene rings is 1. The lowest BCUT2D eigenvalue weighted by Gasteiger charge is -2.14. The SMILES string of the molecule is CCCC(C)CC1C(=O)Nc2c(Cl)cccc21. The van der Waals surface area contributed by atoms with Crippen molar-refractivity contribution in [3.05, 3.63) is 28.8 Å². The molecule has 0 aromatic heterocycles. The Kier molecular flexibility index (Phi) is 3.72. The standard InChI is InChI=1S/C14H18ClNO/c1-3-5-9(2)8-11-10-6-4-7-12(15)13(10)16-14(11)17/h4,6-7,9,11H,3,5,8H2,1-2H3,(H,16,17). The predicted molar refractivity (Wildman–Crippen MR) is 71.5 cm³/mol. The van der Waals surface area contributed by atoms with E-state index in [0.29, 0.717) is 10.9 Å². The van der Waals surface area contributed by atoms with E-state index in [4.69, 9.17) is 11.6 Å². The summed E-state index contributed by atoms with van der Waals surface area (Å²) in [6.07, 6.45) is 3.24. The molecule has 1 aliphatic rings. The third kappa shape index (κ3) is 2.47. The van der Waals surface area contributed by atoms with Crippen LogP contribution >= 0.6 is 11.6 Å². The van der Waals surface area contributed by atoms with Crippen LogP contribution in [0.5, 0.6) is 0 Å². The number of hydrogen-bond acceptors (Lipinski definition) is 1. The molecule has 2 unspecified atom stereocenters. The molecule has 1 N–H and O–H groups in total. The molecule has 92 valence electrons. The van der Waals surface area contributed by atoms with E-state index < -0.39 is 0 Å². The Labute approximate surface area is 107 Å². The lowest BCUT2D eigenvalue weighted by Crippen LogP contribution is -2.14. The van der Waals surface area contributed by atoms with Crippen molar-refractivity contribution < 1.29 is 4.79 Å². The number of para-hydroxylation sites is 1. The molecule has 0 spiro atoms. The van der Waals surface area contributed by atoms with Gasteiger partial charge in [-0.3, -0.25) is 4.79 Å². The molecule has 1 heterocycles. The second kappa shape index (κ2) is 5.09. The first-order valence-corrected chi connectivity index (χ1v) is 6.60. The molecule has 2 atom stereocenters. The second-order valence-electron chi connectivity index (χ2n) is 4.88. The summed E-state index contributed by atoms with van der Waals surface area (Å²) >= 11 is 6.08. The van der Waals surface area contributed by atoms with Gasteiger partial charge in [-0.25, -0.2) is 0 Å². The van der Waals surface area contributed by atoms with E-state index >= 15 is 0 Å². The van der Waals surface area contributed by atoms with Crippen LogP contribution in [0.25, 0.3) is 0 Å². The summed E-state index contributed by atoms with van der Waals surface area (Å²) in [4.78, 5) is 12.0. The quantitative estimate of drug-likeness (QED) is 0.854. The number of halogens is 1. The highest BCUT2D eigenvalue weighted by molar-refractivity contribution is 6.34. The van der Waals surface area contributed by atoms with Crippen molar-refractivity contribution in [1.82, 2.24) is 0 Å². The molecule has 1 aromatic rings. The minimum Gasteiger partial charge on any atom is -0.324 e. The summed E-state index contributed by atoms with van der Waals surface area (Å²) in [6.45, 7) is 4.38. The predicted octanol–water partition coefficient (Wildman–Crippen LogP) is 4.20. The Hall–Kier alpha value is -1.02. The van der Waals surface area contributed by atoms with Crippen molar-refractivity contribution >= 4 is 23.2 Å². The molecule has 0 radical (unpaired) electrons. The molecule has 1 aromatic carbocycles. The van der Waals surface area contributed by atoms with Crippen LogP contribution in [0, 0.1) is 5.92 Å². The summed E-state index contributed by atoms with van der Waals surface area (Å²) in [6, 6.07) is 5.74. The summed E-state index contributed by atoms with van der Waals surface area (Å²) in [7, 11) is 0. The molecular formula is C14H18ClNO. The number of nitrogens with one attached hydrogen (secondary N) is 1. The Balaban J connectivity index is 2.20. The fourth-order valence-electron chi connectivity index (χ4n) is 2.56. The molecule has 0 saturated heterocycles. The molecule has 17 heavy (non-hydrogen) atoms. The number of hydrogen-bond donors (Lipinski definition) is 1. The van der Waals surface area contributed by atoms with Gasteiger partial charge in [0.2, 0.25) is 5.91 Å². The van der Waals surface area contributed by atoms with Gasteiger partial charge in [-0.1, -0.05) is 50.4 Å². The minimum absolute atomic E-state index is 0.0229. The van der Waals surface area contributed by atoms with E-state index in [-0.39, 0.29) is 11.8 Å². The molecule has 0 bridgehead atoms. The molecule has 2 nitrogen and oxygen atoms in total. The highest BCUT2D eigenvalue weighted by Crippen LogP contribution is 2.40. The molecule has 1 aliphatic heterocycles. The van der Waals surface area contributed by atoms with Gasteiger partial charge in [0.1, 0.15) is 0 Å². The Bertz CT molecular complexity index is 430. The third-order valence-corrected chi connectivity index (χ3v) is 3.72. The molecule has 2 rings (SSSR count). The van der Waals surface area contributed by atoms with E-state index in [9.17, 15) is 4.79 Å². The van der Waals surface area contributed by atoms with Crippen LogP contribution in [0.1, 0.15) is 44.6 Å². The average molecular weight is 252 g/mol. The van der Waals surface area contributed by atoms with Gasteiger partial charge < -0.3 is 5.32 Å². The van der Waals surface area contributed by atoms with Crippen molar-refractivity contribution in [3.8, 4) is 0 Å². The van der Waals surface area contributed by atoms with Crippen molar-refractivity contribution in [3.63, 3.8) is 0 Å². The first-order valence-electron chi connectivity index (χ1n) is 6.22. The topological polar surface area (TPSA) is 29.1 Å². The number of carbonyl (C=O) groups is 1. The van der Waals surface area contributed by atoms with Crippen molar-refractivity contribution in [2.75, 3.05) is 5.32 Å². The van der Waals surface area contributed by atoms with Crippen molar-refractivity contribution in [2.24, 2.45) is 5.92 Å². The molecule has 0 saturated carbocycles. The van der Waals surface area contributed by atoms with Gasteiger partial charge in [-0.2, -0.15) is 0 Å². The molecule has 1 amide bonds. The number of fused-ring (bicyclic) bond motifs is 1. The summed E-state index contributed by atoms with van der Waals surface area (Å²) in [5, 5.41) is 3.53. The second-order valence-corrected chi connectivity index (χ2v) is 5.28. The van der Waals surface area contributed by atoms with Crippen molar-refractivity contribution in [1.29, 1.82) is 0 Å². The summed E-state index contributed by atoms with van der Waals surface area (Å²) in [5.41, 5.74) is 1.87. The van der Waals surface area contributed by atoms with Crippen LogP contribution in [0.4, 0.5) is 5.69 Å².